The minimum Gasteiger partial charge on any atom is -0.310 e. The van der Waals surface area contributed by atoms with E-state index in [4.69, 9.17) is 0 Å². The molecule has 0 radical (unpaired) electrons. The lowest BCUT2D eigenvalue weighted by Crippen LogP contribution is -2.24. The van der Waals surface area contributed by atoms with Crippen molar-refractivity contribution in [2.75, 3.05) is 6.54 Å². The molecule has 0 saturated heterocycles. The Morgan fingerprint density at radius 1 is 1.00 bits per heavy atom. The number of aryl methyl sites for hydroxylation is 2. The Morgan fingerprint density at radius 2 is 1.62 bits per heavy atom. The van der Waals surface area contributed by atoms with E-state index in [1.165, 1.54) is 25.8 Å². The standard InChI is InChI=1S/C19H24IN/c1-4-9-21-19(13-16-5-7-18(20)8-6-16)17-11-14(2)10-15(3)12-17/h5-8,10-12,19,21H,4,9,13H2,1-3H3. The fourth-order valence-corrected chi connectivity index (χ4v) is 3.05. The minimum absolute atomic E-state index is 0.392. The molecule has 1 nitrogen and oxygen atoms in total. The topological polar surface area (TPSA) is 12.0 Å². The molecule has 1 N–H and O–H groups in total. The molecule has 2 rings (SSSR count). The highest BCUT2D eigenvalue weighted by Crippen LogP contribution is 2.22. The molecule has 0 spiro atoms. The Hall–Kier alpha value is -0.870. The number of rotatable bonds is 6. The summed E-state index contributed by atoms with van der Waals surface area (Å²) in [6, 6.07) is 16.1. The van der Waals surface area contributed by atoms with E-state index in [0.29, 0.717) is 6.04 Å². The zero-order valence-electron chi connectivity index (χ0n) is 13.1. The third-order valence-electron chi connectivity index (χ3n) is 3.64. The van der Waals surface area contributed by atoms with E-state index < -0.39 is 0 Å². The Balaban J connectivity index is 2.22. The molecule has 0 fully saturated rings. The van der Waals surface area contributed by atoms with Gasteiger partial charge in [0.2, 0.25) is 0 Å². The molecular formula is C19H24IN. The quantitative estimate of drug-likeness (QED) is 0.666. The first kappa shape index (κ1) is 16.5. The van der Waals surface area contributed by atoms with Gasteiger partial charge in [0.05, 0.1) is 0 Å². The largest absolute Gasteiger partial charge is 0.310 e. The van der Waals surface area contributed by atoms with Crippen LogP contribution in [0.15, 0.2) is 42.5 Å². The average molecular weight is 393 g/mol. The van der Waals surface area contributed by atoms with Crippen LogP contribution in [0.5, 0.6) is 0 Å². The van der Waals surface area contributed by atoms with Crippen LogP contribution in [-0.4, -0.2) is 6.54 Å². The maximum Gasteiger partial charge on any atom is 0.0361 e. The lowest BCUT2D eigenvalue weighted by atomic mass is 9.96. The van der Waals surface area contributed by atoms with Crippen molar-refractivity contribution >= 4 is 22.6 Å². The molecule has 2 aromatic rings. The smallest absolute Gasteiger partial charge is 0.0361 e. The second-order valence-corrected chi connectivity index (χ2v) is 7.00. The third-order valence-corrected chi connectivity index (χ3v) is 4.36. The van der Waals surface area contributed by atoms with Gasteiger partial charge < -0.3 is 5.32 Å². The summed E-state index contributed by atoms with van der Waals surface area (Å²) in [5.41, 5.74) is 5.48. The van der Waals surface area contributed by atoms with Crippen LogP contribution in [0.2, 0.25) is 0 Å². The molecule has 0 heterocycles. The molecule has 0 amide bonds. The van der Waals surface area contributed by atoms with Crippen LogP contribution in [-0.2, 0) is 6.42 Å². The molecule has 0 saturated carbocycles. The van der Waals surface area contributed by atoms with Crippen molar-refractivity contribution in [3.63, 3.8) is 0 Å². The van der Waals surface area contributed by atoms with Gasteiger partial charge in [0, 0.05) is 9.61 Å². The van der Waals surface area contributed by atoms with Crippen LogP contribution in [0.4, 0.5) is 0 Å². The summed E-state index contributed by atoms with van der Waals surface area (Å²) < 4.78 is 1.29. The van der Waals surface area contributed by atoms with Gasteiger partial charge in [0.25, 0.3) is 0 Å². The van der Waals surface area contributed by atoms with Crippen LogP contribution >= 0.6 is 22.6 Å². The van der Waals surface area contributed by atoms with Gasteiger partial charge in [-0.15, -0.1) is 0 Å². The van der Waals surface area contributed by atoms with Gasteiger partial charge in [-0.3, -0.25) is 0 Å². The molecule has 1 atom stereocenters. The van der Waals surface area contributed by atoms with Gasteiger partial charge in [-0.25, -0.2) is 0 Å². The Morgan fingerprint density at radius 3 is 2.19 bits per heavy atom. The fourth-order valence-electron chi connectivity index (χ4n) is 2.69. The van der Waals surface area contributed by atoms with Crippen molar-refractivity contribution in [2.45, 2.75) is 39.7 Å². The van der Waals surface area contributed by atoms with Crippen molar-refractivity contribution in [2.24, 2.45) is 0 Å². The first-order valence-corrected chi connectivity index (χ1v) is 8.72. The van der Waals surface area contributed by atoms with E-state index in [9.17, 15) is 0 Å². The lowest BCUT2D eigenvalue weighted by Gasteiger charge is -2.20. The Labute approximate surface area is 142 Å². The maximum absolute atomic E-state index is 3.70. The highest BCUT2D eigenvalue weighted by Gasteiger charge is 2.12. The van der Waals surface area contributed by atoms with Crippen LogP contribution < -0.4 is 5.32 Å². The van der Waals surface area contributed by atoms with Gasteiger partial charge in [0.1, 0.15) is 0 Å². The molecular weight excluding hydrogens is 369 g/mol. The second-order valence-electron chi connectivity index (χ2n) is 5.76. The van der Waals surface area contributed by atoms with Gasteiger partial charge in [-0.1, -0.05) is 48.4 Å². The highest BCUT2D eigenvalue weighted by atomic mass is 127. The SMILES string of the molecule is CCCNC(Cc1ccc(I)cc1)c1cc(C)cc(C)c1. The zero-order valence-corrected chi connectivity index (χ0v) is 15.3. The molecule has 0 aromatic heterocycles. The number of benzene rings is 2. The fraction of sp³-hybridized carbons (Fsp3) is 0.368. The summed E-state index contributed by atoms with van der Waals surface area (Å²) in [7, 11) is 0. The summed E-state index contributed by atoms with van der Waals surface area (Å²) in [5.74, 6) is 0. The summed E-state index contributed by atoms with van der Waals surface area (Å²) in [5, 5.41) is 3.70. The van der Waals surface area contributed by atoms with Gasteiger partial charge >= 0.3 is 0 Å². The summed E-state index contributed by atoms with van der Waals surface area (Å²) in [4.78, 5) is 0. The second kappa shape index (κ2) is 7.95. The van der Waals surface area contributed by atoms with E-state index >= 15 is 0 Å². The molecule has 0 bridgehead atoms. The number of nitrogens with one attached hydrogen (secondary N) is 1. The molecule has 1 unspecified atom stereocenters. The summed E-state index contributed by atoms with van der Waals surface area (Å²) >= 11 is 2.36. The predicted molar refractivity (Wildman–Crippen MR) is 99.8 cm³/mol. The highest BCUT2D eigenvalue weighted by molar-refractivity contribution is 14.1. The van der Waals surface area contributed by atoms with Crippen molar-refractivity contribution in [1.82, 2.24) is 5.32 Å². The van der Waals surface area contributed by atoms with Crippen molar-refractivity contribution < 1.29 is 0 Å². The van der Waals surface area contributed by atoms with E-state index in [1.807, 2.05) is 0 Å². The number of hydrogen-bond acceptors (Lipinski definition) is 1. The van der Waals surface area contributed by atoms with Crippen LogP contribution in [0.3, 0.4) is 0 Å². The monoisotopic (exact) mass is 393 g/mol. The molecule has 2 heteroatoms. The minimum atomic E-state index is 0.392. The molecule has 21 heavy (non-hydrogen) atoms. The van der Waals surface area contributed by atoms with E-state index in [1.54, 1.807) is 0 Å². The molecule has 0 aliphatic rings. The first-order valence-electron chi connectivity index (χ1n) is 7.64. The summed E-state index contributed by atoms with van der Waals surface area (Å²) in [6.07, 6.45) is 2.20. The van der Waals surface area contributed by atoms with Crippen LogP contribution in [0.1, 0.15) is 41.6 Å². The molecule has 2 aromatic carbocycles. The summed E-state index contributed by atoms with van der Waals surface area (Å²) in [6.45, 7) is 7.63. The zero-order chi connectivity index (χ0) is 15.2. The van der Waals surface area contributed by atoms with Gasteiger partial charge in [-0.05, 0) is 79.1 Å². The normalized spacial score (nSPS) is 12.4. The lowest BCUT2D eigenvalue weighted by molar-refractivity contribution is 0.529. The third kappa shape index (κ3) is 5.11. The van der Waals surface area contributed by atoms with E-state index in [2.05, 4.69) is 91.1 Å². The number of hydrogen-bond donors (Lipinski definition) is 1. The molecule has 112 valence electrons. The van der Waals surface area contributed by atoms with Crippen molar-refractivity contribution in [1.29, 1.82) is 0 Å². The van der Waals surface area contributed by atoms with Crippen LogP contribution in [0, 0.1) is 17.4 Å². The molecule has 0 aliphatic heterocycles. The predicted octanol–water partition coefficient (Wildman–Crippen LogP) is 5.19. The van der Waals surface area contributed by atoms with Gasteiger partial charge in [-0.2, -0.15) is 0 Å². The maximum atomic E-state index is 3.70. The van der Waals surface area contributed by atoms with E-state index in [0.717, 1.165) is 19.4 Å². The first-order chi connectivity index (χ1) is 10.1. The number of halogens is 1. The van der Waals surface area contributed by atoms with Crippen molar-refractivity contribution in [3.05, 3.63) is 68.3 Å². The Bertz CT molecular complexity index is 554. The average Bonchev–Trinajstić information content (AvgIpc) is 2.44. The molecule has 0 aliphatic carbocycles. The van der Waals surface area contributed by atoms with Crippen LogP contribution in [0.25, 0.3) is 0 Å². The van der Waals surface area contributed by atoms with E-state index in [-0.39, 0.29) is 0 Å². The van der Waals surface area contributed by atoms with Gasteiger partial charge in [0.15, 0.2) is 0 Å². The van der Waals surface area contributed by atoms with Crippen molar-refractivity contribution in [3.8, 4) is 0 Å². The Kier molecular flexibility index (Phi) is 6.24.